The molecule has 0 saturated carbocycles. The summed E-state index contributed by atoms with van der Waals surface area (Å²) in [6.45, 7) is 12.4. The number of benzene rings is 2. The van der Waals surface area contributed by atoms with Gasteiger partial charge in [0.05, 0.1) is 17.6 Å². The summed E-state index contributed by atoms with van der Waals surface area (Å²) in [4.78, 5) is 20.2. The Morgan fingerprint density at radius 3 is 2.62 bits per heavy atom. The summed E-state index contributed by atoms with van der Waals surface area (Å²) in [5.74, 6) is 1.33. The minimum absolute atomic E-state index is 0.0630. The second-order valence-electron chi connectivity index (χ2n) is 8.21. The summed E-state index contributed by atoms with van der Waals surface area (Å²) in [6.07, 6.45) is 0.986. The van der Waals surface area contributed by atoms with Crippen molar-refractivity contribution in [2.24, 2.45) is 5.92 Å². The van der Waals surface area contributed by atoms with Crippen molar-refractivity contribution in [1.29, 1.82) is 0 Å². The van der Waals surface area contributed by atoms with Crippen molar-refractivity contribution >= 4 is 28.5 Å². The molecule has 3 aromatic rings. The van der Waals surface area contributed by atoms with Crippen molar-refractivity contribution in [3.8, 4) is 0 Å². The van der Waals surface area contributed by atoms with Gasteiger partial charge in [-0.1, -0.05) is 50.1 Å². The van der Waals surface area contributed by atoms with Gasteiger partial charge < -0.3 is 9.47 Å². The molecule has 0 saturated heterocycles. The maximum atomic E-state index is 13.5. The summed E-state index contributed by atoms with van der Waals surface area (Å²) >= 11 is 6.23. The highest BCUT2D eigenvalue weighted by Crippen LogP contribution is 2.23. The Hall–Kier alpha value is -2.33. The van der Waals surface area contributed by atoms with E-state index in [9.17, 15) is 4.79 Å². The Morgan fingerprint density at radius 1 is 1.17 bits per heavy atom. The van der Waals surface area contributed by atoms with Crippen LogP contribution in [-0.2, 0) is 13.1 Å². The molecular weight excluding hydrogens is 382 g/mol. The number of fused-ring (bicyclic) bond motifs is 1. The number of imidazole rings is 1. The van der Waals surface area contributed by atoms with Gasteiger partial charge >= 0.3 is 0 Å². The van der Waals surface area contributed by atoms with E-state index >= 15 is 0 Å². The van der Waals surface area contributed by atoms with Gasteiger partial charge in [0.1, 0.15) is 5.82 Å². The zero-order valence-corrected chi connectivity index (χ0v) is 18.8. The largest absolute Gasteiger partial charge is 0.331 e. The first-order chi connectivity index (χ1) is 13.8. The molecule has 154 valence electrons. The van der Waals surface area contributed by atoms with E-state index in [-0.39, 0.29) is 5.91 Å². The predicted molar refractivity (Wildman–Crippen MR) is 121 cm³/mol. The van der Waals surface area contributed by atoms with Crippen LogP contribution in [0.2, 0.25) is 5.02 Å². The maximum Gasteiger partial charge on any atom is 0.254 e. The van der Waals surface area contributed by atoms with Crippen LogP contribution in [-0.4, -0.2) is 26.9 Å². The lowest BCUT2D eigenvalue weighted by Gasteiger charge is -2.25. The molecule has 4 nitrogen and oxygen atoms in total. The number of carbonyl (C=O) groups is 1. The third-order valence-electron chi connectivity index (χ3n) is 5.07. The number of amides is 1. The quantitative estimate of drug-likeness (QED) is 0.477. The predicted octanol–water partition coefficient (Wildman–Crippen LogP) is 6.01. The number of carbonyl (C=O) groups excluding carboxylic acids is 1. The highest BCUT2D eigenvalue weighted by molar-refractivity contribution is 6.31. The molecule has 3 rings (SSSR count). The fraction of sp³-hybridized carbons (Fsp3) is 0.417. The van der Waals surface area contributed by atoms with Crippen LogP contribution < -0.4 is 0 Å². The van der Waals surface area contributed by atoms with E-state index in [0.29, 0.717) is 24.0 Å². The minimum Gasteiger partial charge on any atom is -0.331 e. The highest BCUT2D eigenvalue weighted by Gasteiger charge is 2.22. The Bertz CT molecular complexity index is 1020. The summed E-state index contributed by atoms with van der Waals surface area (Å²) in [5, 5.41) is 0.701. The van der Waals surface area contributed by atoms with E-state index in [1.807, 2.05) is 55.1 Å². The zero-order valence-electron chi connectivity index (χ0n) is 18.0. The summed E-state index contributed by atoms with van der Waals surface area (Å²) in [6, 6.07) is 11.8. The second-order valence-corrected chi connectivity index (χ2v) is 8.65. The molecule has 29 heavy (non-hydrogen) atoms. The highest BCUT2D eigenvalue weighted by atomic mass is 35.5. The molecule has 1 aromatic heterocycles. The van der Waals surface area contributed by atoms with Gasteiger partial charge in [-0.15, -0.1) is 0 Å². The third-order valence-corrected chi connectivity index (χ3v) is 5.30. The molecule has 0 aliphatic heterocycles. The smallest absolute Gasteiger partial charge is 0.254 e. The molecule has 0 fully saturated rings. The van der Waals surface area contributed by atoms with Crippen LogP contribution in [0.4, 0.5) is 0 Å². The summed E-state index contributed by atoms with van der Waals surface area (Å²) < 4.78 is 2.20. The van der Waals surface area contributed by atoms with Crippen LogP contribution in [0, 0.1) is 19.8 Å². The topological polar surface area (TPSA) is 38.1 Å². The first-order valence-corrected chi connectivity index (χ1v) is 10.7. The number of hydrogen-bond donors (Lipinski definition) is 0. The third kappa shape index (κ3) is 4.81. The molecule has 0 unspecified atom stereocenters. The number of aryl methyl sites for hydroxylation is 3. The second kappa shape index (κ2) is 9.00. The van der Waals surface area contributed by atoms with Crippen molar-refractivity contribution in [3.05, 3.63) is 63.9 Å². The van der Waals surface area contributed by atoms with Gasteiger partial charge in [-0.05, 0) is 56.0 Å². The molecule has 0 N–H and O–H groups in total. The van der Waals surface area contributed by atoms with Crippen LogP contribution in [0.25, 0.3) is 11.0 Å². The number of rotatable bonds is 7. The van der Waals surface area contributed by atoms with Crippen molar-refractivity contribution in [1.82, 2.24) is 14.5 Å². The van der Waals surface area contributed by atoms with Gasteiger partial charge in [-0.3, -0.25) is 4.79 Å². The average Bonchev–Trinajstić information content (AvgIpc) is 2.99. The number of aromatic nitrogens is 2. The van der Waals surface area contributed by atoms with E-state index in [1.54, 1.807) is 0 Å². The van der Waals surface area contributed by atoms with E-state index in [4.69, 9.17) is 16.6 Å². The van der Waals surface area contributed by atoms with Crippen LogP contribution >= 0.6 is 11.6 Å². The maximum absolute atomic E-state index is 13.5. The molecule has 0 spiro atoms. The number of hydrogen-bond acceptors (Lipinski definition) is 2. The van der Waals surface area contributed by atoms with Crippen molar-refractivity contribution < 1.29 is 4.79 Å². The lowest BCUT2D eigenvalue weighted by Crippen LogP contribution is -2.35. The molecule has 5 heteroatoms. The fourth-order valence-electron chi connectivity index (χ4n) is 3.71. The normalized spacial score (nSPS) is 11.4. The van der Waals surface area contributed by atoms with E-state index in [0.717, 1.165) is 46.5 Å². The SMILES string of the molecule is CCCn1c(CN(CC(C)C)C(=O)c2cc(C)ccc2C)nc2ccc(Cl)cc21. The first-order valence-electron chi connectivity index (χ1n) is 10.3. The lowest BCUT2D eigenvalue weighted by molar-refractivity contribution is 0.0715. The number of halogens is 1. The lowest BCUT2D eigenvalue weighted by atomic mass is 10.0. The van der Waals surface area contributed by atoms with Crippen molar-refractivity contribution in [2.45, 2.75) is 54.1 Å². The molecular formula is C24H30ClN3O. The molecule has 0 aliphatic rings. The van der Waals surface area contributed by atoms with E-state index < -0.39 is 0 Å². The van der Waals surface area contributed by atoms with Gasteiger partial charge in [0, 0.05) is 23.7 Å². The van der Waals surface area contributed by atoms with Gasteiger partial charge in [-0.25, -0.2) is 4.98 Å². The molecule has 0 aliphatic carbocycles. The Morgan fingerprint density at radius 2 is 1.93 bits per heavy atom. The van der Waals surface area contributed by atoms with Crippen LogP contribution in [0.15, 0.2) is 36.4 Å². The zero-order chi connectivity index (χ0) is 21.1. The van der Waals surface area contributed by atoms with Crippen molar-refractivity contribution in [3.63, 3.8) is 0 Å². The van der Waals surface area contributed by atoms with Gasteiger partial charge in [0.25, 0.3) is 5.91 Å². The molecule has 0 radical (unpaired) electrons. The molecule has 1 amide bonds. The van der Waals surface area contributed by atoms with Crippen LogP contribution in [0.3, 0.4) is 0 Å². The molecule has 0 atom stereocenters. The molecule has 2 aromatic carbocycles. The monoisotopic (exact) mass is 411 g/mol. The summed E-state index contributed by atoms with van der Waals surface area (Å²) in [5.41, 5.74) is 4.81. The van der Waals surface area contributed by atoms with E-state index in [1.165, 1.54) is 0 Å². The van der Waals surface area contributed by atoms with Crippen LogP contribution in [0.5, 0.6) is 0 Å². The van der Waals surface area contributed by atoms with Gasteiger partial charge in [0.15, 0.2) is 0 Å². The summed E-state index contributed by atoms with van der Waals surface area (Å²) in [7, 11) is 0. The van der Waals surface area contributed by atoms with Crippen molar-refractivity contribution in [2.75, 3.05) is 6.54 Å². The van der Waals surface area contributed by atoms with Crippen LogP contribution in [0.1, 0.15) is 54.5 Å². The minimum atomic E-state index is 0.0630. The number of nitrogens with zero attached hydrogens (tertiary/aromatic N) is 3. The van der Waals surface area contributed by atoms with Gasteiger partial charge in [-0.2, -0.15) is 0 Å². The molecule has 0 bridgehead atoms. The standard InChI is InChI=1S/C24H30ClN3O/c1-6-11-28-22-13-19(25)9-10-21(22)26-23(28)15-27(14-16(2)3)24(29)20-12-17(4)7-8-18(20)5/h7-10,12-13,16H,6,11,14-15H2,1-5H3. The van der Waals surface area contributed by atoms with E-state index in [2.05, 4.69) is 25.3 Å². The Labute approximate surface area is 178 Å². The van der Waals surface area contributed by atoms with Gasteiger partial charge in [0.2, 0.25) is 0 Å². The molecule has 1 heterocycles. The fourth-order valence-corrected chi connectivity index (χ4v) is 3.87. The average molecular weight is 412 g/mol. The Balaban J connectivity index is 2.02. The Kier molecular flexibility index (Phi) is 6.63. The first kappa shape index (κ1) is 21.4.